The molecule has 1 aromatic heterocycles. The minimum Gasteiger partial charge on any atom is -0.450 e. The van der Waals surface area contributed by atoms with Gasteiger partial charge in [0, 0.05) is 50.7 Å². The van der Waals surface area contributed by atoms with E-state index in [2.05, 4.69) is 20.7 Å². The number of likely N-dealkylation sites (tertiary alicyclic amines) is 1. The third kappa shape index (κ3) is 3.53. The highest BCUT2D eigenvalue weighted by Crippen LogP contribution is 2.47. The summed E-state index contributed by atoms with van der Waals surface area (Å²) in [5.41, 5.74) is 0.797. The number of ether oxygens (including phenoxy) is 1. The first-order chi connectivity index (χ1) is 13.5. The Hall–Kier alpha value is -2.33. The van der Waals surface area contributed by atoms with E-state index in [4.69, 9.17) is 11.2 Å². The molecule has 1 atom stereocenters. The van der Waals surface area contributed by atoms with Gasteiger partial charge in [-0.1, -0.05) is 5.92 Å². The molecule has 4 rings (SSSR count). The summed E-state index contributed by atoms with van der Waals surface area (Å²) in [6, 6.07) is 1.95. The van der Waals surface area contributed by atoms with Gasteiger partial charge in [-0.25, -0.2) is 14.2 Å². The molecule has 0 unspecified atom stereocenters. The Morgan fingerprint density at radius 2 is 2.14 bits per heavy atom. The number of anilines is 1. The number of carbonyl (C=O) groups is 1. The second-order valence-electron chi connectivity index (χ2n) is 8.14. The fourth-order valence-electron chi connectivity index (χ4n) is 4.97. The summed E-state index contributed by atoms with van der Waals surface area (Å²) in [4.78, 5) is 22.6. The number of halogens is 1. The van der Waals surface area contributed by atoms with E-state index in [0.717, 1.165) is 45.7 Å². The van der Waals surface area contributed by atoms with Crippen molar-refractivity contribution in [2.75, 3.05) is 50.8 Å². The van der Waals surface area contributed by atoms with E-state index < -0.39 is 5.82 Å². The first-order valence-corrected chi connectivity index (χ1v) is 10.1. The van der Waals surface area contributed by atoms with Crippen LogP contribution in [0.1, 0.15) is 31.7 Å². The van der Waals surface area contributed by atoms with Gasteiger partial charge in [0.15, 0.2) is 0 Å². The Kier molecular flexibility index (Phi) is 5.15. The SMILES string of the molecule is C#Cc1cc(F)cnc1N1CCN([C@@H]2CCC3(C2)CN(C(=O)OCC)C3)CC1. The molecule has 0 aromatic carbocycles. The summed E-state index contributed by atoms with van der Waals surface area (Å²) < 4.78 is 18.5. The van der Waals surface area contributed by atoms with Gasteiger partial charge in [0.1, 0.15) is 11.6 Å². The molecule has 1 saturated carbocycles. The fraction of sp³-hybridized carbons (Fsp3) is 0.619. The van der Waals surface area contributed by atoms with Crippen molar-refractivity contribution in [3.8, 4) is 12.3 Å². The lowest BCUT2D eigenvalue weighted by Gasteiger charge is -2.48. The molecule has 3 fully saturated rings. The van der Waals surface area contributed by atoms with Crippen LogP contribution in [-0.4, -0.2) is 72.8 Å². The van der Waals surface area contributed by atoms with Crippen molar-refractivity contribution in [2.24, 2.45) is 5.41 Å². The molecule has 150 valence electrons. The standard InChI is InChI=1S/C21H27FN4O2/c1-3-16-11-17(22)13-23-19(16)25-9-7-24(8-10-25)18-5-6-21(12-18)14-26(15-21)20(27)28-4-2/h1,11,13,18H,4-10,12,14-15H2,2H3/t18-/m1/s1. The molecule has 2 saturated heterocycles. The molecule has 1 aliphatic carbocycles. The van der Waals surface area contributed by atoms with Crippen LogP contribution in [0.4, 0.5) is 15.0 Å². The maximum atomic E-state index is 13.4. The molecule has 0 bridgehead atoms. The Bertz CT molecular complexity index is 779. The molecule has 1 spiro atoms. The maximum Gasteiger partial charge on any atom is 0.409 e. The van der Waals surface area contributed by atoms with Crippen molar-refractivity contribution in [1.82, 2.24) is 14.8 Å². The average molecular weight is 386 g/mol. The van der Waals surface area contributed by atoms with E-state index in [1.54, 1.807) is 0 Å². The van der Waals surface area contributed by atoms with Crippen LogP contribution in [0, 0.1) is 23.6 Å². The van der Waals surface area contributed by atoms with Gasteiger partial charge >= 0.3 is 6.09 Å². The molecule has 3 heterocycles. The lowest BCUT2D eigenvalue weighted by atomic mass is 9.78. The number of rotatable bonds is 3. The molecular weight excluding hydrogens is 359 g/mol. The topological polar surface area (TPSA) is 48.9 Å². The Balaban J connectivity index is 1.30. The van der Waals surface area contributed by atoms with E-state index in [1.165, 1.54) is 25.1 Å². The lowest BCUT2D eigenvalue weighted by molar-refractivity contribution is -0.00294. The first kappa shape index (κ1) is 19.0. The van der Waals surface area contributed by atoms with Crippen molar-refractivity contribution in [3.05, 3.63) is 23.6 Å². The number of aromatic nitrogens is 1. The van der Waals surface area contributed by atoms with Crippen LogP contribution >= 0.6 is 0 Å². The van der Waals surface area contributed by atoms with Gasteiger partial charge < -0.3 is 14.5 Å². The van der Waals surface area contributed by atoms with Crippen LogP contribution in [-0.2, 0) is 4.74 Å². The highest BCUT2D eigenvalue weighted by molar-refractivity contribution is 5.69. The Labute approximate surface area is 165 Å². The normalized spacial score (nSPS) is 24.1. The summed E-state index contributed by atoms with van der Waals surface area (Å²) in [7, 11) is 0. The molecular formula is C21H27FN4O2. The zero-order valence-electron chi connectivity index (χ0n) is 16.4. The minimum atomic E-state index is -0.399. The third-order valence-corrected chi connectivity index (χ3v) is 6.37. The molecule has 0 N–H and O–H groups in total. The smallest absolute Gasteiger partial charge is 0.409 e. The number of hydrogen-bond donors (Lipinski definition) is 0. The highest BCUT2D eigenvalue weighted by atomic mass is 19.1. The number of nitrogens with zero attached hydrogens (tertiary/aromatic N) is 4. The number of hydrogen-bond acceptors (Lipinski definition) is 5. The second-order valence-corrected chi connectivity index (χ2v) is 8.14. The highest BCUT2D eigenvalue weighted by Gasteiger charge is 2.51. The molecule has 7 heteroatoms. The predicted octanol–water partition coefficient (Wildman–Crippen LogP) is 2.33. The number of piperazine rings is 1. The van der Waals surface area contributed by atoms with E-state index in [0.29, 0.717) is 24.0 Å². The molecule has 28 heavy (non-hydrogen) atoms. The van der Waals surface area contributed by atoms with Gasteiger partial charge in [-0.3, -0.25) is 4.90 Å². The van der Waals surface area contributed by atoms with Crippen molar-refractivity contribution in [1.29, 1.82) is 0 Å². The molecule has 1 amide bonds. The molecule has 3 aliphatic rings. The second kappa shape index (κ2) is 7.59. The number of terminal acetylenes is 1. The van der Waals surface area contributed by atoms with Crippen molar-refractivity contribution in [2.45, 2.75) is 32.2 Å². The van der Waals surface area contributed by atoms with Crippen LogP contribution in [0.25, 0.3) is 0 Å². The molecule has 1 aromatic rings. The maximum absolute atomic E-state index is 13.4. The summed E-state index contributed by atoms with van der Waals surface area (Å²) in [5.74, 6) is 2.85. The quantitative estimate of drug-likeness (QED) is 0.747. The van der Waals surface area contributed by atoms with Crippen LogP contribution in [0.15, 0.2) is 12.3 Å². The zero-order valence-corrected chi connectivity index (χ0v) is 16.4. The Morgan fingerprint density at radius 1 is 1.39 bits per heavy atom. The van der Waals surface area contributed by atoms with Gasteiger partial charge in [-0.15, -0.1) is 6.42 Å². The fourth-order valence-corrected chi connectivity index (χ4v) is 4.97. The van der Waals surface area contributed by atoms with Crippen LogP contribution in [0.5, 0.6) is 0 Å². The summed E-state index contributed by atoms with van der Waals surface area (Å²) in [6.45, 7) is 7.50. The van der Waals surface area contributed by atoms with E-state index in [-0.39, 0.29) is 11.5 Å². The number of pyridine rings is 1. The first-order valence-electron chi connectivity index (χ1n) is 10.1. The number of amides is 1. The van der Waals surface area contributed by atoms with Crippen molar-refractivity contribution in [3.63, 3.8) is 0 Å². The third-order valence-electron chi connectivity index (χ3n) is 6.37. The minimum absolute atomic E-state index is 0.179. The molecule has 2 aliphatic heterocycles. The van der Waals surface area contributed by atoms with E-state index in [9.17, 15) is 9.18 Å². The summed E-state index contributed by atoms with van der Waals surface area (Å²) in [5, 5.41) is 0. The van der Waals surface area contributed by atoms with Gasteiger partial charge in [-0.2, -0.15) is 0 Å². The lowest BCUT2D eigenvalue weighted by Crippen LogP contribution is -2.58. The van der Waals surface area contributed by atoms with Crippen LogP contribution < -0.4 is 4.90 Å². The zero-order chi connectivity index (χ0) is 19.7. The van der Waals surface area contributed by atoms with E-state index in [1.807, 2.05) is 11.8 Å². The van der Waals surface area contributed by atoms with Crippen LogP contribution in [0.3, 0.4) is 0 Å². The monoisotopic (exact) mass is 386 g/mol. The van der Waals surface area contributed by atoms with Crippen molar-refractivity contribution < 1.29 is 13.9 Å². The summed E-state index contributed by atoms with van der Waals surface area (Å²) >= 11 is 0. The predicted molar refractivity (Wildman–Crippen MR) is 105 cm³/mol. The van der Waals surface area contributed by atoms with Gasteiger partial charge in [0.25, 0.3) is 0 Å². The van der Waals surface area contributed by atoms with E-state index >= 15 is 0 Å². The molecule has 6 nitrogen and oxygen atoms in total. The average Bonchev–Trinajstić information content (AvgIpc) is 3.13. The van der Waals surface area contributed by atoms with Crippen LogP contribution in [0.2, 0.25) is 0 Å². The summed E-state index contributed by atoms with van der Waals surface area (Å²) in [6.07, 6.45) is 10.1. The molecule has 0 radical (unpaired) electrons. The van der Waals surface area contributed by atoms with Gasteiger partial charge in [0.05, 0.1) is 18.4 Å². The van der Waals surface area contributed by atoms with Gasteiger partial charge in [-0.05, 0) is 32.3 Å². The Morgan fingerprint density at radius 3 is 2.82 bits per heavy atom. The largest absolute Gasteiger partial charge is 0.450 e. The number of carbonyl (C=O) groups excluding carboxylic acids is 1. The van der Waals surface area contributed by atoms with Gasteiger partial charge in [0.2, 0.25) is 0 Å². The van der Waals surface area contributed by atoms with Crippen molar-refractivity contribution >= 4 is 11.9 Å².